The predicted molar refractivity (Wildman–Crippen MR) is 124 cm³/mol. The van der Waals surface area contributed by atoms with Crippen LogP contribution in [0.5, 0.6) is 0 Å². The van der Waals surface area contributed by atoms with Gasteiger partial charge in [0.15, 0.2) is 17.5 Å². The minimum absolute atomic E-state index is 0.0132. The molecule has 36 heavy (non-hydrogen) atoms. The van der Waals surface area contributed by atoms with Gasteiger partial charge >= 0.3 is 0 Å². The molecule has 188 valence electrons. The molecule has 5 nitrogen and oxygen atoms in total. The number of amides is 1. The van der Waals surface area contributed by atoms with Crippen molar-refractivity contribution in [3.8, 4) is 5.69 Å². The molecular weight excluding hydrogens is 474 g/mol. The maximum Gasteiger partial charge on any atom is 0.230 e. The third kappa shape index (κ3) is 4.21. The highest BCUT2D eigenvalue weighted by atomic mass is 19.2. The molecule has 1 amide bonds. The molecular formula is C27H25F4N3O2. The highest BCUT2D eigenvalue weighted by Crippen LogP contribution is 2.47. The molecule has 0 radical (unpaired) electrons. The van der Waals surface area contributed by atoms with Gasteiger partial charge in [-0.15, -0.1) is 0 Å². The van der Waals surface area contributed by atoms with Crippen LogP contribution in [0, 0.1) is 29.2 Å². The Morgan fingerprint density at radius 3 is 2.50 bits per heavy atom. The van der Waals surface area contributed by atoms with Crippen molar-refractivity contribution in [1.82, 2.24) is 14.7 Å². The molecule has 0 bridgehead atoms. The number of carbonyl (C=O) groups is 1. The molecule has 3 aromatic rings. The first-order valence-corrected chi connectivity index (χ1v) is 11.9. The summed E-state index contributed by atoms with van der Waals surface area (Å²) in [5.74, 6) is -5.27. The van der Waals surface area contributed by atoms with E-state index in [4.69, 9.17) is 0 Å². The lowest BCUT2D eigenvalue weighted by Crippen LogP contribution is -2.38. The van der Waals surface area contributed by atoms with Crippen LogP contribution in [0.3, 0.4) is 0 Å². The Bertz CT molecular complexity index is 1330. The van der Waals surface area contributed by atoms with Gasteiger partial charge in [0.2, 0.25) is 5.91 Å². The Kier molecular flexibility index (Phi) is 6.42. The van der Waals surface area contributed by atoms with Gasteiger partial charge < -0.3 is 10.0 Å². The molecule has 5 rings (SSSR count). The highest BCUT2D eigenvalue weighted by molar-refractivity contribution is 5.83. The van der Waals surface area contributed by atoms with Gasteiger partial charge in [0.1, 0.15) is 5.82 Å². The number of carbonyl (C=O) groups excluding carboxylic acids is 1. The molecule has 1 N–H and O–H groups in total. The SMILES string of the molecule is C[C@@H]1C2=C(CC[C@H]2C(=O)N(CCO)Cc2cc(F)c(F)c(F)c2)Cc2c1cnn2-c1ccc(F)cc1. The minimum Gasteiger partial charge on any atom is -0.395 e. The van der Waals surface area contributed by atoms with E-state index < -0.39 is 23.4 Å². The van der Waals surface area contributed by atoms with E-state index in [9.17, 15) is 27.5 Å². The van der Waals surface area contributed by atoms with Gasteiger partial charge in [-0.3, -0.25) is 4.79 Å². The lowest BCUT2D eigenvalue weighted by Gasteiger charge is -2.30. The van der Waals surface area contributed by atoms with Crippen LogP contribution in [-0.4, -0.2) is 38.8 Å². The Labute approximate surface area is 205 Å². The number of rotatable bonds is 6. The van der Waals surface area contributed by atoms with E-state index in [1.54, 1.807) is 23.0 Å². The first kappa shape index (κ1) is 24.2. The van der Waals surface area contributed by atoms with Crippen LogP contribution < -0.4 is 0 Å². The summed E-state index contributed by atoms with van der Waals surface area (Å²) in [5, 5.41) is 14.1. The van der Waals surface area contributed by atoms with E-state index in [-0.39, 0.29) is 42.9 Å². The van der Waals surface area contributed by atoms with Crippen molar-refractivity contribution in [3.05, 3.63) is 93.8 Å². The summed E-state index contributed by atoms with van der Waals surface area (Å²) < 4.78 is 56.0. The van der Waals surface area contributed by atoms with Crippen molar-refractivity contribution in [2.24, 2.45) is 5.92 Å². The third-order valence-corrected chi connectivity index (χ3v) is 7.20. The first-order chi connectivity index (χ1) is 17.3. The molecule has 0 unspecified atom stereocenters. The lowest BCUT2D eigenvalue weighted by molar-refractivity contribution is -0.135. The Balaban J connectivity index is 1.41. The normalized spacial score (nSPS) is 18.8. The summed E-state index contributed by atoms with van der Waals surface area (Å²) in [5.41, 5.74) is 5.04. The van der Waals surface area contributed by atoms with Crippen LogP contribution in [0.1, 0.15) is 42.5 Å². The third-order valence-electron chi connectivity index (χ3n) is 7.20. The average molecular weight is 500 g/mol. The molecule has 0 fully saturated rings. The van der Waals surface area contributed by atoms with Crippen molar-refractivity contribution < 1.29 is 27.5 Å². The van der Waals surface area contributed by atoms with Crippen LogP contribution >= 0.6 is 0 Å². The van der Waals surface area contributed by atoms with Crippen LogP contribution in [0.25, 0.3) is 5.69 Å². The molecule has 2 atom stereocenters. The largest absolute Gasteiger partial charge is 0.395 e. The number of hydrogen-bond donors (Lipinski definition) is 1. The summed E-state index contributed by atoms with van der Waals surface area (Å²) >= 11 is 0. The van der Waals surface area contributed by atoms with E-state index in [2.05, 4.69) is 5.10 Å². The minimum atomic E-state index is -1.56. The summed E-state index contributed by atoms with van der Waals surface area (Å²) in [7, 11) is 0. The van der Waals surface area contributed by atoms with Crippen molar-refractivity contribution in [2.45, 2.75) is 38.6 Å². The Morgan fingerprint density at radius 1 is 1.14 bits per heavy atom. The van der Waals surface area contributed by atoms with Crippen molar-refractivity contribution in [2.75, 3.05) is 13.2 Å². The van der Waals surface area contributed by atoms with E-state index >= 15 is 0 Å². The van der Waals surface area contributed by atoms with Crippen molar-refractivity contribution >= 4 is 5.91 Å². The Hall–Kier alpha value is -3.46. The van der Waals surface area contributed by atoms with E-state index in [1.165, 1.54) is 17.0 Å². The van der Waals surface area contributed by atoms with Crippen LogP contribution in [0.2, 0.25) is 0 Å². The molecule has 0 saturated heterocycles. The average Bonchev–Trinajstić information content (AvgIpc) is 3.47. The molecule has 2 aliphatic rings. The number of halogens is 4. The fourth-order valence-corrected chi connectivity index (χ4v) is 5.55. The second kappa shape index (κ2) is 9.54. The quantitative estimate of drug-likeness (QED) is 0.301. The van der Waals surface area contributed by atoms with Gasteiger partial charge in [0.25, 0.3) is 0 Å². The van der Waals surface area contributed by atoms with Gasteiger partial charge in [-0.05, 0) is 54.8 Å². The molecule has 1 aromatic heterocycles. The number of aliphatic hydroxyl groups excluding tert-OH is 1. The highest BCUT2D eigenvalue weighted by Gasteiger charge is 2.40. The van der Waals surface area contributed by atoms with Crippen LogP contribution in [0.4, 0.5) is 17.6 Å². The van der Waals surface area contributed by atoms with Gasteiger partial charge in [0.05, 0.1) is 30.1 Å². The summed E-state index contributed by atoms with van der Waals surface area (Å²) in [4.78, 5) is 15.0. The molecule has 2 aliphatic carbocycles. The number of aliphatic hydroxyl groups is 1. The molecule has 1 heterocycles. The van der Waals surface area contributed by atoms with Gasteiger partial charge in [0, 0.05) is 31.0 Å². The van der Waals surface area contributed by atoms with Gasteiger partial charge in [-0.25, -0.2) is 22.2 Å². The fourth-order valence-electron chi connectivity index (χ4n) is 5.55. The van der Waals surface area contributed by atoms with Crippen molar-refractivity contribution in [1.29, 1.82) is 0 Å². The number of allylic oxidation sites excluding steroid dienone is 1. The summed E-state index contributed by atoms with van der Waals surface area (Å²) in [6.45, 7) is 1.55. The summed E-state index contributed by atoms with van der Waals surface area (Å²) in [6, 6.07) is 7.86. The summed E-state index contributed by atoms with van der Waals surface area (Å²) in [6.07, 6.45) is 3.71. The molecule has 0 saturated carbocycles. The van der Waals surface area contributed by atoms with Crippen LogP contribution in [0.15, 0.2) is 53.7 Å². The maximum atomic E-state index is 13.7. The van der Waals surface area contributed by atoms with E-state index in [0.29, 0.717) is 12.8 Å². The number of fused-ring (bicyclic) bond motifs is 1. The number of hydrogen-bond acceptors (Lipinski definition) is 3. The first-order valence-electron chi connectivity index (χ1n) is 11.9. The number of aromatic nitrogens is 2. The molecule has 0 aliphatic heterocycles. The Morgan fingerprint density at radius 2 is 1.83 bits per heavy atom. The maximum absolute atomic E-state index is 13.7. The zero-order valence-electron chi connectivity index (χ0n) is 19.6. The number of benzene rings is 2. The second-order valence-electron chi connectivity index (χ2n) is 9.34. The van der Waals surface area contributed by atoms with Crippen molar-refractivity contribution in [3.63, 3.8) is 0 Å². The van der Waals surface area contributed by atoms with E-state index in [0.717, 1.165) is 46.6 Å². The monoisotopic (exact) mass is 499 g/mol. The van der Waals surface area contributed by atoms with Gasteiger partial charge in [-0.1, -0.05) is 18.1 Å². The number of nitrogens with zero attached hydrogens (tertiary/aromatic N) is 3. The second-order valence-corrected chi connectivity index (χ2v) is 9.34. The standard InChI is InChI=1S/C27H25F4N3O2/c1-15-21-13-32-34(19-5-3-18(28)4-6-19)24(21)12-17-2-7-20(25(15)17)27(36)33(8-9-35)14-16-10-22(29)26(31)23(30)11-16/h3-6,10-11,13,15,20,35H,2,7-9,12,14H2,1H3/t15-,20+/m0/s1. The van der Waals surface area contributed by atoms with E-state index in [1.807, 2.05) is 6.92 Å². The molecule has 2 aromatic carbocycles. The smallest absolute Gasteiger partial charge is 0.230 e. The lowest BCUT2D eigenvalue weighted by atomic mass is 9.79. The van der Waals surface area contributed by atoms with Gasteiger partial charge in [-0.2, -0.15) is 5.10 Å². The zero-order chi connectivity index (χ0) is 25.6. The topological polar surface area (TPSA) is 58.4 Å². The zero-order valence-corrected chi connectivity index (χ0v) is 19.6. The van der Waals surface area contributed by atoms with Crippen LogP contribution in [-0.2, 0) is 17.8 Å². The molecule has 0 spiro atoms. The molecule has 9 heteroatoms. The predicted octanol–water partition coefficient (Wildman–Crippen LogP) is 4.82. The fraction of sp³-hybridized carbons (Fsp3) is 0.333.